The second-order valence-corrected chi connectivity index (χ2v) is 2.10. The minimum atomic E-state index is 0.529. The summed E-state index contributed by atoms with van der Waals surface area (Å²) in [5.74, 6) is 0.529. The van der Waals surface area contributed by atoms with Crippen LogP contribution in [-0.2, 0) is 9.57 Å². The molecule has 62 valence electrons. The number of oxime groups is 1. The van der Waals surface area contributed by atoms with Gasteiger partial charge >= 0.3 is 0 Å². The van der Waals surface area contributed by atoms with E-state index in [0.29, 0.717) is 19.1 Å². The molecule has 0 fully saturated rings. The Bertz CT molecular complexity index is 187. The molecule has 0 aromatic carbocycles. The minimum absolute atomic E-state index is 0.529. The highest BCUT2D eigenvalue weighted by Gasteiger charge is 2.11. The van der Waals surface area contributed by atoms with Gasteiger partial charge in [-0.25, -0.2) is 0 Å². The predicted octanol–water partition coefficient (Wildman–Crippen LogP) is 0.828. The van der Waals surface area contributed by atoms with Crippen molar-refractivity contribution in [3.05, 3.63) is 0 Å². The fourth-order valence-corrected chi connectivity index (χ4v) is 0.847. The first-order chi connectivity index (χ1) is 5.38. The van der Waals surface area contributed by atoms with E-state index in [1.807, 2.05) is 6.92 Å². The fourth-order valence-electron chi connectivity index (χ4n) is 0.847. The van der Waals surface area contributed by atoms with Crippen LogP contribution >= 0.6 is 0 Å². The minimum Gasteiger partial charge on any atom is -0.471 e. The van der Waals surface area contributed by atoms with Gasteiger partial charge in [-0.1, -0.05) is 6.92 Å². The summed E-state index contributed by atoms with van der Waals surface area (Å²) in [5, 5.41) is 3.74. The molecule has 1 aliphatic rings. The Balaban J connectivity index is 2.63. The van der Waals surface area contributed by atoms with Gasteiger partial charge < -0.3 is 9.57 Å². The van der Waals surface area contributed by atoms with Crippen molar-refractivity contribution in [3.63, 3.8) is 0 Å². The number of aliphatic imine (C=N–C) groups is 1. The highest BCUT2D eigenvalue weighted by Crippen LogP contribution is 1.98. The molecule has 1 rings (SSSR count). The Kier molecular flexibility index (Phi) is 2.89. The molecule has 0 aliphatic carbocycles. The van der Waals surface area contributed by atoms with E-state index in [9.17, 15) is 0 Å². The average Bonchev–Trinajstić information content (AvgIpc) is 2.09. The normalized spacial score (nSPS) is 18.4. The third-order valence-electron chi connectivity index (χ3n) is 1.41. The zero-order valence-corrected chi connectivity index (χ0v) is 6.83. The van der Waals surface area contributed by atoms with Gasteiger partial charge in [-0.15, -0.1) is 0 Å². The number of nitrogens with zero attached hydrogens (tertiary/aromatic N) is 2. The maximum absolute atomic E-state index is 5.22. The van der Waals surface area contributed by atoms with Crippen LogP contribution in [0.15, 0.2) is 10.1 Å². The second kappa shape index (κ2) is 3.95. The predicted molar refractivity (Wildman–Crippen MR) is 43.0 cm³/mol. The smallest absolute Gasteiger partial charge is 0.271 e. The zero-order chi connectivity index (χ0) is 8.10. The first-order valence-corrected chi connectivity index (χ1v) is 3.67. The van der Waals surface area contributed by atoms with Crippen LogP contribution in [0.5, 0.6) is 0 Å². The molecular formula is C7H12N2O2. The van der Waals surface area contributed by atoms with E-state index in [4.69, 9.17) is 9.57 Å². The Morgan fingerprint density at radius 3 is 2.91 bits per heavy atom. The van der Waals surface area contributed by atoms with E-state index in [0.717, 1.165) is 12.1 Å². The van der Waals surface area contributed by atoms with Gasteiger partial charge in [0, 0.05) is 7.05 Å². The van der Waals surface area contributed by atoms with Crippen molar-refractivity contribution < 1.29 is 9.57 Å². The lowest BCUT2D eigenvalue weighted by molar-refractivity contribution is 0.0674. The number of hydrogen-bond acceptors (Lipinski definition) is 4. The summed E-state index contributed by atoms with van der Waals surface area (Å²) in [6.07, 6.45) is 0.818. The monoisotopic (exact) mass is 156 g/mol. The Morgan fingerprint density at radius 1 is 1.64 bits per heavy atom. The van der Waals surface area contributed by atoms with E-state index in [1.54, 1.807) is 7.05 Å². The molecule has 0 atom stereocenters. The SMILES string of the molecule is CC/C(=N\C)C1=NOCCO1. The van der Waals surface area contributed by atoms with Gasteiger partial charge in [-0.2, -0.15) is 0 Å². The molecular weight excluding hydrogens is 144 g/mol. The van der Waals surface area contributed by atoms with Crippen molar-refractivity contribution in [2.24, 2.45) is 10.1 Å². The van der Waals surface area contributed by atoms with Crippen LogP contribution in [0.3, 0.4) is 0 Å². The summed E-state index contributed by atoms with van der Waals surface area (Å²) in [7, 11) is 1.72. The fraction of sp³-hybridized carbons (Fsp3) is 0.714. The standard InChI is InChI=1S/C7H12N2O2/c1-3-6(8-2)7-9-11-5-4-10-7/h3-5H2,1-2H3/b8-6+. The maximum atomic E-state index is 5.22. The molecule has 0 radical (unpaired) electrons. The first-order valence-electron chi connectivity index (χ1n) is 3.67. The third kappa shape index (κ3) is 1.93. The molecule has 0 aromatic heterocycles. The highest BCUT2D eigenvalue weighted by molar-refractivity contribution is 6.38. The number of ether oxygens (including phenoxy) is 1. The molecule has 4 nitrogen and oxygen atoms in total. The molecule has 1 aliphatic heterocycles. The van der Waals surface area contributed by atoms with Crippen LogP contribution in [0.1, 0.15) is 13.3 Å². The van der Waals surface area contributed by atoms with Crippen LogP contribution < -0.4 is 0 Å². The van der Waals surface area contributed by atoms with Gasteiger partial charge in [0.25, 0.3) is 5.90 Å². The van der Waals surface area contributed by atoms with E-state index in [-0.39, 0.29) is 0 Å². The van der Waals surface area contributed by atoms with Gasteiger partial charge in [0.15, 0.2) is 6.61 Å². The van der Waals surface area contributed by atoms with E-state index in [1.165, 1.54) is 0 Å². The van der Waals surface area contributed by atoms with E-state index < -0.39 is 0 Å². The first kappa shape index (κ1) is 8.04. The lowest BCUT2D eigenvalue weighted by atomic mass is 10.3. The summed E-state index contributed by atoms with van der Waals surface area (Å²) >= 11 is 0. The topological polar surface area (TPSA) is 43.2 Å². The quantitative estimate of drug-likeness (QED) is 0.556. The average molecular weight is 156 g/mol. The van der Waals surface area contributed by atoms with Gasteiger partial charge in [0.1, 0.15) is 6.61 Å². The van der Waals surface area contributed by atoms with Crippen LogP contribution in [0, 0.1) is 0 Å². The van der Waals surface area contributed by atoms with E-state index in [2.05, 4.69) is 10.1 Å². The molecule has 0 bridgehead atoms. The summed E-state index contributed by atoms with van der Waals surface area (Å²) in [6.45, 7) is 3.10. The van der Waals surface area contributed by atoms with Crippen LogP contribution in [0.4, 0.5) is 0 Å². The molecule has 11 heavy (non-hydrogen) atoms. The third-order valence-corrected chi connectivity index (χ3v) is 1.41. The number of rotatable bonds is 2. The van der Waals surface area contributed by atoms with Gasteiger partial charge in [0.2, 0.25) is 0 Å². The number of hydrogen-bond donors (Lipinski definition) is 0. The molecule has 0 amide bonds. The van der Waals surface area contributed by atoms with Gasteiger partial charge in [-0.05, 0) is 11.6 Å². The molecule has 0 unspecified atom stereocenters. The highest BCUT2D eigenvalue weighted by atomic mass is 16.7. The summed E-state index contributed by atoms with van der Waals surface area (Å²) in [6, 6.07) is 0. The summed E-state index contributed by atoms with van der Waals surface area (Å²) in [5.41, 5.74) is 0.852. The lowest BCUT2D eigenvalue weighted by Crippen LogP contribution is -2.23. The molecule has 0 aromatic rings. The summed E-state index contributed by atoms with van der Waals surface area (Å²) in [4.78, 5) is 8.86. The zero-order valence-electron chi connectivity index (χ0n) is 6.83. The van der Waals surface area contributed by atoms with Crippen molar-refractivity contribution >= 4 is 11.6 Å². The molecule has 0 saturated heterocycles. The summed E-state index contributed by atoms with van der Waals surface area (Å²) < 4.78 is 5.22. The van der Waals surface area contributed by atoms with Crippen molar-refractivity contribution in [1.29, 1.82) is 0 Å². The van der Waals surface area contributed by atoms with Crippen LogP contribution in [-0.4, -0.2) is 31.9 Å². The Labute approximate surface area is 65.9 Å². The Morgan fingerprint density at radius 2 is 2.45 bits per heavy atom. The van der Waals surface area contributed by atoms with Crippen molar-refractivity contribution in [1.82, 2.24) is 0 Å². The Hall–Kier alpha value is -1.06. The van der Waals surface area contributed by atoms with E-state index >= 15 is 0 Å². The molecule has 0 saturated carbocycles. The van der Waals surface area contributed by atoms with Gasteiger partial charge in [-0.3, -0.25) is 4.99 Å². The van der Waals surface area contributed by atoms with Gasteiger partial charge in [0.05, 0.1) is 5.71 Å². The molecule has 0 N–H and O–H groups in total. The van der Waals surface area contributed by atoms with Crippen molar-refractivity contribution in [2.45, 2.75) is 13.3 Å². The van der Waals surface area contributed by atoms with Crippen LogP contribution in [0.2, 0.25) is 0 Å². The molecule has 0 spiro atoms. The maximum Gasteiger partial charge on any atom is 0.271 e. The van der Waals surface area contributed by atoms with Crippen molar-refractivity contribution in [3.8, 4) is 0 Å². The van der Waals surface area contributed by atoms with Crippen molar-refractivity contribution in [2.75, 3.05) is 20.3 Å². The lowest BCUT2D eigenvalue weighted by Gasteiger charge is -2.13. The van der Waals surface area contributed by atoms with Crippen LogP contribution in [0.25, 0.3) is 0 Å². The molecule has 1 heterocycles. The second-order valence-electron chi connectivity index (χ2n) is 2.10. The molecule has 4 heteroatoms. The largest absolute Gasteiger partial charge is 0.471 e.